The van der Waals surface area contributed by atoms with Gasteiger partial charge in [0.25, 0.3) is 11.5 Å². The molecule has 25 heavy (non-hydrogen) atoms. The van der Waals surface area contributed by atoms with Crippen molar-refractivity contribution in [2.45, 2.75) is 25.5 Å². The molecule has 2 aromatic rings. The molecule has 0 radical (unpaired) electrons. The molecule has 1 unspecified atom stereocenters. The molecule has 7 nitrogen and oxygen atoms in total. The van der Waals surface area contributed by atoms with Gasteiger partial charge >= 0.3 is 5.69 Å². The molecule has 1 aliphatic rings. The van der Waals surface area contributed by atoms with Gasteiger partial charge in [-0.1, -0.05) is 12.1 Å². The Hall–Kier alpha value is -2.74. The Labute approximate surface area is 142 Å². The van der Waals surface area contributed by atoms with E-state index >= 15 is 0 Å². The second-order valence-electron chi connectivity index (χ2n) is 5.83. The molecule has 1 atom stereocenters. The van der Waals surface area contributed by atoms with Crippen LogP contribution in [0.2, 0.25) is 0 Å². The average molecular weight is 347 g/mol. The summed E-state index contributed by atoms with van der Waals surface area (Å²) in [4.78, 5) is 38.5. The lowest BCUT2D eigenvalue weighted by atomic mass is 10.1. The van der Waals surface area contributed by atoms with E-state index in [-0.39, 0.29) is 12.1 Å². The lowest BCUT2D eigenvalue weighted by Gasteiger charge is -2.17. The fourth-order valence-corrected chi connectivity index (χ4v) is 3.07. The van der Waals surface area contributed by atoms with E-state index < -0.39 is 29.1 Å². The van der Waals surface area contributed by atoms with Crippen molar-refractivity contribution >= 4 is 5.91 Å². The predicted octanol–water partition coefficient (Wildman–Crippen LogP) is 0.739. The minimum atomic E-state index is -0.699. The van der Waals surface area contributed by atoms with Gasteiger partial charge < -0.3 is 10.1 Å². The minimum Gasteiger partial charge on any atom is -0.375 e. The second kappa shape index (κ2) is 7.02. The molecule has 0 fully saturated rings. The summed E-state index contributed by atoms with van der Waals surface area (Å²) in [5, 5.41) is 2.64. The highest BCUT2D eigenvalue weighted by Crippen LogP contribution is 2.17. The molecule has 3 rings (SSSR count). The maximum atomic E-state index is 13.3. The quantitative estimate of drug-likeness (QED) is 0.834. The van der Waals surface area contributed by atoms with Crippen LogP contribution < -0.4 is 16.6 Å². The number of hydrogen-bond acceptors (Lipinski definition) is 4. The summed E-state index contributed by atoms with van der Waals surface area (Å²) in [6.07, 6.45) is 0.647. The van der Waals surface area contributed by atoms with Gasteiger partial charge in [0.2, 0.25) is 0 Å². The molecule has 1 aliphatic heterocycles. The first-order chi connectivity index (χ1) is 12.0. The zero-order chi connectivity index (χ0) is 18.0. The minimum absolute atomic E-state index is 0.0498. The SMILES string of the molecule is COC(CNC(=O)c1c2n(c(=O)[nH]c1=O)CCC2)c1cccc(F)c1. The summed E-state index contributed by atoms with van der Waals surface area (Å²) in [5.74, 6) is -0.979. The molecule has 0 saturated carbocycles. The topological polar surface area (TPSA) is 93.2 Å². The highest BCUT2D eigenvalue weighted by molar-refractivity contribution is 5.95. The van der Waals surface area contributed by atoms with Crippen LogP contribution in [0.15, 0.2) is 33.9 Å². The Morgan fingerprint density at radius 2 is 2.24 bits per heavy atom. The van der Waals surface area contributed by atoms with E-state index in [9.17, 15) is 18.8 Å². The third kappa shape index (κ3) is 3.39. The Morgan fingerprint density at radius 3 is 2.96 bits per heavy atom. The van der Waals surface area contributed by atoms with E-state index in [2.05, 4.69) is 10.3 Å². The number of benzene rings is 1. The number of carbonyl (C=O) groups excluding carboxylic acids is 1. The number of nitrogens with zero attached hydrogens (tertiary/aromatic N) is 1. The van der Waals surface area contributed by atoms with E-state index in [0.29, 0.717) is 30.6 Å². The molecule has 8 heteroatoms. The number of amides is 1. The lowest BCUT2D eigenvalue weighted by Crippen LogP contribution is -2.39. The fraction of sp³-hybridized carbons (Fsp3) is 0.353. The van der Waals surface area contributed by atoms with Crippen molar-refractivity contribution in [3.05, 3.63) is 67.7 Å². The summed E-state index contributed by atoms with van der Waals surface area (Å²) in [5.41, 5.74) is -0.220. The highest BCUT2D eigenvalue weighted by Gasteiger charge is 2.24. The molecule has 2 N–H and O–H groups in total. The van der Waals surface area contributed by atoms with Crippen molar-refractivity contribution < 1.29 is 13.9 Å². The number of carbonyl (C=O) groups is 1. The van der Waals surface area contributed by atoms with E-state index in [1.165, 1.54) is 23.8 Å². The molecule has 1 aromatic heterocycles. The zero-order valence-electron chi connectivity index (χ0n) is 13.7. The largest absolute Gasteiger partial charge is 0.375 e. The molecule has 1 aromatic carbocycles. The number of fused-ring (bicyclic) bond motifs is 1. The van der Waals surface area contributed by atoms with Crippen molar-refractivity contribution in [1.29, 1.82) is 0 Å². The maximum Gasteiger partial charge on any atom is 0.328 e. The normalized spacial score (nSPS) is 14.2. The van der Waals surface area contributed by atoms with Crippen LogP contribution in [-0.4, -0.2) is 29.1 Å². The molecular weight excluding hydrogens is 329 g/mol. The molecule has 0 saturated heterocycles. The van der Waals surface area contributed by atoms with Gasteiger partial charge in [-0.2, -0.15) is 0 Å². The Bertz CT molecular complexity index is 919. The standard InChI is InChI=1S/C17H18FN3O4/c1-25-13(10-4-2-5-11(18)8-10)9-19-15(22)14-12-6-3-7-21(12)17(24)20-16(14)23/h2,4-5,8,13H,3,6-7,9H2,1H3,(H,19,22)(H,20,23,24). The first kappa shape index (κ1) is 17.1. The van der Waals surface area contributed by atoms with Gasteiger partial charge in [0.15, 0.2) is 0 Å². The average Bonchev–Trinajstić information content (AvgIpc) is 3.05. The summed E-state index contributed by atoms with van der Waals surface area (Å²) in [6, 6.07) is 5.89. The van der Waals surface area contributed by atoms with Crippen LogP contribution >= 0.6 is 0 Å². The number of aromatic amines is 1. The van der Waals surface area contributed by atoms with Crippen molar-refractivity contribution in [3.8, 4) is 0 Å². The molecule has 132 valence electrons. The van der Waals surface area contributed by atoms with Gasteiger partial charge in [-0.25, -0.2) is 9.18 Å². The van der Waals surface area contributed by atoms with Crippen LogP contribution in [0.4, 0.5) is 4.39 Å². The number of aromatic nitrogens is 2. The monoisotopic (exact) mass is 347 g/mol. The van der Waals surface area contributed by atoms with E-state index in [4.69, 9.17) is 4.74 Å². The summed E-state index contributed by atoms with van der Waals surface area (Å²) >= 11 is 0. The lowest BCUT2D eigenvalue weighted by molar-refractivity contribution is 0.0824. The third-order valence-electron chi connectivity index (χ3n) is 4.28. The van der Waals surface area contributed by atoms with Gasteiger partial charge in [0.05, 0.1) is 6.10 Å². The van der Waals surface area contributed by atoms with Crippen LogP contribution in [0.5, 0.6) is 0 Å². The molecular formula is C17H18FN3O4. The van der Waals surface area contributed by atoms with Gasteiger partial charge in [-0.05, 0) is 30.5 Å². The molecule has 0 aliphatic carbocycles. The summed E-state index contributed by atoms with van der Waals surface area (Å²) in [7, 11) is 1.45. The number of methoxy groups -OCH3 is 1. The molecule has 0 bridgehead atoms. The van der Waals surface area contributed by atoms with Gasteiger partial charge in [0.1, 0.15) is 11.4 Å². The number of nitrogens with one attached hydrogen (secondary N) is 2. The number of hydrogen-bond donors (Lipinski definition) is 2. The fourth-order valence-electron chi connectivity index (χ4n) is 3.07. The molecule has 2 heterocycles. The van der Waals surface area contributed by atoms with Crippen molar-refractivity contribution in [2.75, 3.05) is 13.7 Å². The van der Waals surface area contributed by atoms with E-state index in [1.807, 2.05) is 0 Å². The van der Waals surface area contributed by atoms with Gasteiger partial charge in [0, 0.05) is 25.9 Å². The maximum absolute atomic E-state index is 13.3. The van der Waals surface area contributed by atoms with Crippen LogP contribution in [0.1, 0.15) is 34.1 Å². The first-order valence-corrected chi connectivity index (χ1v) is 7.93. The van der Waals surface area contributed by atoms with Gasteiger partial charge in [-0.3, -0.25) is 19.1 Å². The Kier molecular flexibility index (Phi) is 4.80. The number of rotatable bonds is 5. The predicted molar refractivity (Wildman–Crippen MR) is 88.1 cm³/mol. The third-order valence-corrected chi connectivity index (χ3v) is 4.28. The van der Waals surface area contributed by atoms with Crippen LogP contribution in [-0.2, 0) is 17.7 Å². The Morgan fingerprint density at radius 1 is 1.44 bits per heavy atom. The van der Waals surface area contributed by atoms with Crippen LogP contribution in [0.3, 0.4) is 0 Å². The zero-order valence-corrected chi connectivity index (χ0v) is 13.7. The summed E-state index contributed by atoms with van der Waals surface area (Å²) in [6.45, 7) is 0.548. The van der Waals surface area contributed by atoms with E-state index in [0.717, 1.165) is 0 Å². The highest BCUT2D eigenvalue weighted by atomic mass is 19.1. The van der Waals surface area contributed by atoms with Crippen LogP contribution in [0, 0.1) is 5.82 Å². The Balaban J connectivity index is 1.80. The molecule has 0 spiro atoms. The smallest absolute Gasteiger partial charge is 0.328 e. The number of H-pyrrole nitrogens is 1. The van der Waals surface area contributed by atoms with Gasteiger partial charge in [-0.15, -0.1) is 0 Å². The number of halogens is 1. The summed E-state index contributed by atoms with van der Waals surface area (Å²) < 4.78 is 20.1. The first-order valence-electron chi connectivity index (χ1n) is 7.93. The second-order valence-corrected chi connectivity index (χ2v) is 5.83. The van der Waals surface area contributed by atoms with Crippen molar-refractivity contribution in [2.24, 2.45) is 0 Å². The van der Waals surface area contributed by atoms with Crippen molar-refractivity contribution in [1.82, 2.24) is 14.9 Å². The van der Waals surface area contributed by atoms with Crippen molar-refractivity contribution in [3.63, 3.8) is 0 Å². The number of ether oxygens (including phenoxy) is 1. The van der Waals surface area contributed by atoms with E-state index in [1.54, 1.807) is 12.1 Å². The molecule has 1 amide bonds. The van der Waals surface area contributed by atoms with Crippen LogP contribution in [0.25, 0.3) is 0 Å².